The quantitative estimate of drug-likeness (QED) is 0.429. The summed E-state index contributed by atoms with van der Waals surface area (Å²) in [7, 11) is 8.16. The van der Waals surface area contributed by atoms with Crippen LogP contribution in [0.2, 0.25) is 0 Å². The van der Waals surface area contributed by atoms with Crippen LogP contribution in [0.1, 0.15) is 20.8 Å². The summed E-state index contributed by atoms with van der Waals surface area (Å²) in [5.74, 6) is -0.701. The molecule has 0 saturated carbocycles. The molecule has 3 amide bonds. The fourth-order valence-electron chi connectivity index (χ4n) is 2.24. The van der Waals surface area contributed by atoms with Crippen molar-refractivity contribution >= 4 is 36.6 Å². The minimum absolute atomic E-state index is 0.184. The Kier molecular flexibility index (Phi) is 9.87. The van der Waals surface area contributed by atoms with Crippen LogP contribution in [0.25, 0.3) is 0 Å². The van der Waals surface area contributed by atoms with Crippen molar-refractivity contribution in [2.75, 3.05) is 41.0 Å². The minimum Gasteiger partial charge on any atom is -0.333 e. The lowest BCUT2D eigenvalue weighted by atomic mass is 10.1. The lowest BCUT2D eigenvalue weighted by molar-refractivity contribution is -0.150. The molecule has 0 aliphatic rings. The van der Waals surface area contributed by atoms with Crippen molar-refractivity contribution < 1.29 is 19.2 Å². The molecule has 0 saturated heterocycles. The first-order valence-electron chi connectivity index (χ1n) is 8.44. The summed E-state index contributed by atoms with van der Waals surface area (Å²) in [5, 5.41) is 0. The van der Waals surface area contributed by atoms with Crippen molar-refractivity contribution in [2.24, 2.45) is 0 Å². The van der Waals surface area contributed by atoms with Gasteiger partial charge in [0.15, 0.2) is 0 Å². The van der Waals surface area contributed by atoms with E-state index in [0.717, 1.165) is 0 Å². The highest BCUT2D eigenvalue weighted by atomic mass is 32.1. The van der Waals surface area contributed by atoms with Crippen LogP contribution in [-0.4, -0.2) is 109 Å². The molecule has 0 radical (unpaired) electrons. The molecule has 0 aliphatic heterocycles. The van der Waals surface area contributed by atoms with Crippen molar-refractivity contribution in [2.45, 2.75) is 44.9 Å². The predicted octanol–water partition coefficient (Wildman–Crippen LogP) is -0.414. The normalized spacial score (nSPS) is 15.6. The van der Waals surface area contributed by atoms with Gasteiger partial charge in [-0.3, -0.25) is 19.3 Å². The van der Waals surface area contributed by atoms with E-state index in [9.17, 15) is 19.2 Å². The van der Waals surface area contributed by atoms with Gasteiger partial charge >= 0.3 is 0 Å². The highest BCUT2D eigenvalue weighted by Gasteiger charge is 2.33. The lowest BCUT2D eigenvalue weighted by Gasteiger charge is -2.35. The molecule has 0 fully saturated rings. The van der Waals surface area contributed by atoms with Gasteiger partial charge in [-0.05, 0) is 34.9 Å². The third-order valence-corrected chi connectivity index (χ3v) is 5.27. The molecule has 0 aromatic carbocycles. The summed E-state index contributed by atoms with van der Waals surface area (Å²) < 4.78 is 0. The SMILES string of the molecule is CC(C(=O)N(C)C(C)C(=O)N(C)C(C)C(=O)N(C)C(C=O)CS)N(C)C. The Hall–Kier alpha value is -1.61. The summed E-state index contributed by atoms with van der Waals surface area (Å²) in [6.45, 7) is 4.98. The first kappa shape index (κ1) is 24.4. The summed E-state index contributed by atoms with van der Waals surface area (Å²) in [5.41, 5.74) is 0. The average molecular weight is 389 g/mol. The van der Waals surface area contributed by atoms with Gasteiger partial charge in [-0.25, -0.2) is 0 Å². The zero-order chi connectivity index (χ0) is 20.8. The number of aldehydes is 1. The number of hydrogen-bond donors (Lipinski definition) is 1. The summed E-state index contributed by atoms with van der Waals surface area (Å²) in [6, 6.07) is -2.51. The monoisotopic (exact) mass is 388 g/mol. The second-order valence-electron chi connectivity index (χ2n) is 6.72. The molecule has 26 heavy (non-hydrogen) atoms. The number of likely N-dealkylation sites (N-methyl/N-ethyl adjacent to an activating group) is 4. The Morgan fingerprint density at radius 2 is 1.12 bits per heavy atom. The number of thiol groups is 1. The molecule has 0 rings (SSSR count). The molecule has 8 nitrogen and oxygen atoms in total. The third kappa shape index (κ3) is 5.70. The van der Waals surface area contributed by atoms with Crippen molar-refractivity contribution in [3.63, 3.8) is 0 Å². The van der Waals surface area contributed by atoms with Crippen LogP contribution >= 0.6 is 12.6 Å². The van der Waals surface area contributed by atoms with E-state index in [1.807, 2.05) is 0 Å². The van der Waals surface area contributed by atoms with E-state index in [1.54, 1.807) is 46.8 Å². The van der Waals surface area contributed by atoms with Gasteiger partial charge in [-0.15, -0.1) is 0 Å². The fraction of sp³-hybridized carbons (Fsp3) is 0.765. The van der Waals surface area contributed by atoms with Gasteiger partial charge in [0.05, 0.1) is 12.1 Å². The number of nitrogens with zero attached hydrogens (tertiary/aromatic N) is 4. The van der Waals surface area contributed by atoms with E-state index in [2.05, 4.69) is 12.6 Å². The molecule has 0 aromatic heterocycles. The molecule has 150 valence electrons. The van der Waals surface area contributed by atoms with Crippen LogP contribution in [0, 0.1) is 0 Å². The molecule has 0 spiro atoms. The van der Waals surface area contributed by atoms with Crippen LogP contribution in [-0.2, 0) is 19.2 Å². The van der Waals surface area contributed by atoms with E-state index >= 15 is 0 Å². The van der Waals surface area contributed by atoms with Gasteiger partial charge in [0.2, 0.25) is 17.7 Å². The molecule has 4 atom stereocenters. The second-order valence-corrected chi connectivity index (χ2v) is 7.09. The highest BCUT2D eigenvalue weighted by molar-refractivity contribution is 7.80. The third-order valence-electron chi connectivity index (χ3n) is 4.89. The van der Waals surface area contributed by atoms with Crippen molar-refractivity contribution in [1.29, 1.82) is 0 Å². The number of hydrogen-bond acceptors (Lipinski definition) is 6. The van der Waals surface area contributed by atoms with Crippen LogP contribution in [0.3, 0.4) is 0 Å². The number of carbonyl (C=O) groups excluding carboxylic acids is 4. The number of rotatable bonds is 9. The maximum Gasteiger partial charge on any atom is 0.245 e. The van der Waals surface area contributed by atoms with Gasteiger partial charge in [-0.2, -0.15) is 12.6 Å². The first-order chi connectivity index (χ1) is 11.9. The molecule has 0 N–H and O–H groups in total. The molecule has 4 unspecified atom stereocenters. The van der Waals surface area contributed by atoms with E-state index in [-0.39, 0.29) is 29.5 Å². The minimum atomic E-state index is -0.771. The molecule has 0 aromatic rings. The summed E-state index contributed by atoms with van der Waals surface area (Å²) in [4.78, 5) is 54.4. The second kappa shape index (κ2) is 10.5. The molecular formula is C17H32N4O4S. The van der Waals surface area contributed by atoms with Gasteiger partial charge in [0.25, 0.3) is 0 Å². The largest absolute Gasteiger partial charge is 0.333 e. The molecule has 9 heteroatoms. The van der Waals surface area contributed by atoms with Crippen LogP contribution in [0.4, 0.5) is 0 Å². The zero-order valence-electron chi connectivity index (χ0n) is 17.0. The topological polar surface area (TPSA) is 81.2 Å². The maximum atomic E-state index is 12.7. The predicted molar refractivity (Wildman–Crippen MR) is 104 cm³/mol. The Balaban J connectivity index is 5.15. The van der Waals surface area contributed by atoms with Gasteiger partial charge in [0.1, 0.15) is 18.4 Å². The lowest BCUT2D eigenvalue weighted by Crippen LogP contribution is -2.56. The van der Waals surface area contributed by atoms with Crippen molar-refractivity contribution in [1.82, 2.24) is 19.6 Å². The fourth-order valence-corrected chi connectivity index (χ4v) is 2.57. The Bertz CT molecular complexity index is 529. The molecule has 0 bridgehead atoms. The van der Waals surface area contributed by atoms with Gasteiger partial charge < -0.3 is 19.5 Å². The zero-order valence-corrected chi connectivity index (χ0v) is 17.9. The summed E-state index contributed by atoms with van der Waals surface area (Å²) in [6.07, 6.45) is 0.650. The smallest absolute Gasteiger partial charge is 0.245 e. The van der Waals surface area contributed by atoms with Crippen molar-refractivity contribution in [3.05, 3.63) is 0 Å². The summed E-state index contributed by atoms with van der Waals surface area (Å²) >= 11 is 4.05. The Morgan fingerprint density at radius 3 is 1.42 bits per heavy atom. The van der Waals surface area contributed by atoms with Gasteiger partial charge in [-0.1, -0.05) is 0 Å². The number of carbonyl (C=O) groups is 4. The molecule has 0 aliphatic carbocycles. The maximum absolute atomic E-state index is 12.7. The highest BCUT2D eigenvalue weighted by Crippen LogP contribution is 2.10. The van der Waals surface area contributed by atoms with Crippen molar-refractivity contribution in [3.8, 4) is 0 Å². The van der Waals surface area contributed by atoms with E-state index in [0.29, 0.717) is 6.29 Å². The molecular weight excluding hydrogens is 356 g/mol. The Labute approximate surface area is 161 Å². The average Bonchev–Trinajstić information content (AvgIpc) is 2.63. The van der Waals surface area contributed by atoms with E-state index < -0.39 is 18.1 Å². The first-order valence-corrected chi connectivity index (χ1v) is 9.08. The standard InChI is InChI=1S/C17H32N4O4S/c1-11(18(4)5)15(23)19(6)12(2)16(24)20(7)13(3)17(25)21(8)14(9-22)10-26/h9,11-14,26H,10H2,1-8H3. The van der Waals surface area contributed by atoms with Crippen LogP contribution < -0.4 is 0 Å². The molecule has 0 heterocycles. The number of amides is 3. The van der Waals surface area contributed by atoms with Gasteiger partial charge in [0, 0.05) is 26.9 Å². The van der Waals surface area contributed by atoms with E-state index in [4.69, 9.17) is 0 Å². The van der Waals surface area contributed by atoms with E-state index in [1.165, 1.54) is 28.8 Å². The Morgan fingerprint density at radius 1 is 0.769 bits per heavy atom. The van der Waals surface area contributed by atoms with Crippen LogP contribution in [0.5, 0.6) is 0 Å². The van der Waals surface area contributed by atoms with Crippen LogP contribution in [0.15, 0.2) is 0 Å².